The van der Waals surface area contributed by atoms with E-state index in [0.29, 0.717) is 28.4 Å². The first-order chi connectivity index (χ1) is 11.8. The van der Waals surface area contributed by atoms with Gasteiger partial charge in [0.15, 0.2) is 11.4 Å². The largest absolute Gasteiger partial charge is 0.375 e. The standard InChI is InChI=1S/C20H20ClNO3/c1-13(2)12-22-17-6-4-3-5-16(17)20(25,19(22)24)11-18(23)14-7-9-15(21)10-8-14/h3-10,13,25H,11-12H2,1-2H3. The van der Waals surface area contributed by atoms with Gasteiger partial charge in [-0.15, -0.1) is 0 Å². The van der Waals surface area contributed by atoms with E-state index in [4.69, 9.17) is 11.6 Å². The van der Waals surface area contributed by atoms with Crippen LogP contribution in [0.15, 0.2) is 48.5 Å². The first-order valence-corrected chi connectivity index (χ1v) is 8.63. The summed E-state index contributed by atoms with van der Waals surface area (Å²) < 4.78 is 0. The second-order valence-corrected chi connectivity index (χ2v) is 7.23. The van der Waals surface area contributed by atoms with E-state index in [0.717, 1.165) is 0 Å². The Labute approximate surface area is 152 Å². The van der Waals surface area contributed by atoms with Crippen LogP contribution in [-0.4, -0.2) is 23.3 Å². The fourth-order valence-corrected chi connectivity index (χ4v) is 3.32. The number of benzene rings is 2. The van der Waals surface area contributed by atoms with Gasteiger partial charge in [0.2, 0.25) is 0 Å². The molecule has 3 rings (SSSR count). The molecule has 2 aromatic rings. The van der Waals surface area contributed by atoms with Crippen molar-refractivity contribution >= 4 is 29.0 Å². The number of carbonyl (C=O) groups excluding carboxylic acids is 2. The van der Waals surface area contributed by atoms with Gasteiger partial charge >= 0.3 is 0 Å². The Hall–Kier alpha value is -2.17. The van der Waals surface area contributed by atoms with Crippen LogP contribution in [0.1, 0.15) is 36.2 Å². The number of para-hydroxylation sites is 1. The van der Waals surface area contributed by atoms with E-state index >= 15 is 0 Å². The van der Waals surface area contributed by atoms with E-state index in [1.165, 1.54) is 0 Å². The van der Waals surface area contributed by atoms with E-state index in [-0.39, 0.29) is 18.1 Å². The molecule has 2 aromatic carbocycles. The average molecular weight is 358 g/mol. The Balaban J connectivity index is 1.95. The second kappa shape index (κ2) is 6.62. The monoisotopic (exact) mass is 357 g/mol. The van der Waals surface area contributed by atoms with Crippen LogP contribution in [0.4, 0.5) is 5.69 Å². The van der Waals surface area contributed by atoms with E-state index in [9.17, 15) is 14.7 Å². The van der Waals surface area contributed by atoms with Crippen molar-refractivity contribution < 1.29 is 14.7 Å². The summed E-state index contributed by atoms with van der Waals surface area (Å²) in [6.45, 7) is 4.51. The van der Waals surface area contributed by atoms with E-state index in [2.05, 4.69) is 0 Å². The number of hydrogen-bond acceptors (Lipinski definition) is 3. The molecule has 1 aliphatic rings. The fourth-order valence-electron chi connectivity index (χ4n) is 3.19. The molecule has 0 spiro atoms. The Kier molecular flexibility index (Phi) is 4.67. The van der Waals surface area contributed by atoms with Crippen molar-refractivity contribution in [3.63, 3.8) is 0 Å². The number of amides is 1. The van der Waals surface area contributed by atoms with Crippen molar-refractivity contribution in [2.75, 3.05) is 11.4 Å². The Morgan fingerprint density at radius 3 is 2.44 bits per heavy atom. The van der Waals surface area contributed by atoms with Crippen LogP contribution in [0.3, 0.4) is 0 Å². The third kappa shape index (κ3) is 3.20. The third-order valence-corrected chi connectivity index (χ3v) is 4.62. The molecule has 1 aliphatic heterocycles. The minimum absolute atomic E-state index is 0.242. The predicted molar refractivity (Wildman–Crippen MR) is 97.9 cm³/mol. The number of rotatable bonds is 5. The lowest BCUT2D eigenvalue weighted by atomic mass is 9.88. The number of carbonyl (C=O) groups is 2. The van der Waals surface area contributed by atoms with Crippen molar-refractivity contribution in [3.05, 3.63) is 64.7 Å². The van der Waals surface area contributed by atoms with Crippen molar-refractivity contribution in [2.45, 2.75) is 25.9 Å². The number of aliphatic hydroxyl groups is 1. The molecule has 0 saturated heterocycles. The number of halogens is 1. The maximum absolute atomic E-state index is 12.9. The number of nitrogens with zero attached hydrogens (tertiary/aromatic N) is 1. The summed E-state index contributed by atoms with van der Waals surface area (Å²) in [5, 5.41) is 11.7. The molecule has 0 fully saturated rings. The van der Waals surface area contributed by atoms with Gasteiger partial charge in [-0.05, 0) is 36.2 Å². The Morgan fingerprint density at radius 1 is 1.16 bits per heavy atom. The second-order valence-electron chi connectivity index (χ2n) is 6.79. The van der Waals surface area contributed by atoms with Crippen LogP contribution < -0.4 is 4.90 Å². The van der Waals surface area contributed by atoms with Crippen LogP contribution in [0, 0.1) is 5.92 Å². The van der Waals surface area contributed by atoms with Crippen molar-refractivity contribution in [1.29, 1.82) is 0 Å². The lowest BCUT2D eigenvalue weighted by Crippen LogP contribution is -2.43. The number of fused-ring (bicyclic) bond motifs is 1. The molecule has 5 heteroatoms. The molecular weight excluding hydrogens is 338 g/mol. The third-order valence-electron chi connectivity index (χ3n) is 4.37. The van der Waals surface area contributed by atoms with Crippen LogP contribution in [0.2, 0.25) is 5.02 Å². The fraction of sp³-hybridized carbons (Fsp3) is 0.300. The molecule has 0 bridgehead atoms. The summed E-state index contributed by atoms with van der Waals surface area (Å²) in [6, 6.07) is 13.6. The number of Topliss-reactive ketones (excluding diaryl/α,β-unsaturated/α-hetero) is 1. The molecule has 1 heterocycles. The summed E-state index contributed by atoms with van der Waals surface area (Å²) in [6.07, 6.45) is -0.293. The summed E-state index contributed by atoms with van der Waals surface area (Å²) in [7, 11) is 0. The maximum Gasteiger partial charge on any atom is 0.264 e. The number of ketones is 1. The molecule has 1 atom stereocenters. The zero-order valence-electron chi connectivity index (χ0n) is 14.2. The normalized spacial score (nSPS) is 19.4. The summed E-state index contributed by atoms with van der Waals surface area (Å²) in [5.74, 6) is -0.496. The minimum atomic E-state index is -1.83. The van der Waals surface area contributed by atoms with Gasteiger partial charge in [0.1, 0.15) is 0 Å². The molecule has 25 heavy (non-hydrogen) atoms. The molecule has 1 N–H and O–H groups in total. The van der Waals surface area contributed by atoms with Gasteiger partial charge in [0.05, 0.1) is 12.1 Å². The van der Waals surface area contributed by atoms with Crippen LogP contribution in [0.5, 0.6) is 0 Å². The Bertz CT molecular complexity index is 816. The molecule has 0 radical (unpaired) electrons. The van der Waals surface area contributed by atoms with Gasteiger partial charge < -0.3 is 10.0 Å². The average Bonchev–Trinajstić information content (AvgIpc) is 2.77. The summed E-state index contributed by atoms with van der Waals surface area (Å²) >= 11 is 5.85. The smallest absolute Gasteiger partial charge is 0.264 e. The van der Waals surface area contributed by atoms with Gasteiger partial charge in [-0.2, -0.15) is 0 Å². The quantitative estimate of drug-likeness (QED) is 0.828. The molecule has 1 amide bonds. The first kappa shape index (κ1) is 17.6. The topological polar surface area (TPSA) is 57.6 Å². The molecule has 1 unspecified atom stereocenters. The molecule has 130 valence electrons. The van der Waals surface area contributed by atoms with Crippen molar-refractivity contribution in [1.82, 2.24) is 0 Å². The van der Waals surface area contributed by atoms with E-state index in [1.54, 1.807) is 47.4 Å². The van der Waals surface area contributed by atoms with Gasteiger partial charge in [0.25, 0.3) is 5.91 Å². The van der Waals surface area contributed by atoms with Gasteiger partial charge in [-0.1, -0.05) is 43.6 Å². The SMILES string of the molecule is CC(C)CN1C(=O)C(O)(CC(=O)c2ccc(Cl)cc2)c2ccccc21. The van der Waals surface area contributed by atoms with Crippen LogP contribution in [0.25, 0.3) is 0 Å². The Morgan fingerprint density at radius 2 is 1.80 bits per heavy atom. The highest BCUT2D eigenvalue weighted by Crippen LogP contribution is 2.43. The molecule has 0 aromatic heterocycles. The van der Waals surface area contributed by atoms with Crippen molar-refractivity contribution in [3.8, 4) is 0 Å². The van der Waals surface area contributed by atoms with Gasteiger partial charge in [-0.25, -0.2) is 0 Å². The molecule has 0 saturated carbocycles. The van der Waals surface area contributed by atoms with Crippen LogP contribution >= 0.6 is 11.6 Å². The molecule has 0 aliphatic carbocycles. The molecule has 4 nitrogen and oxygen atoms in total. The molecular formula is C20H20ClNO3. The minimum Gasteiger partial charge on any atom is -0.375 e. The number of anilines is 1. The highest BCUT2D eigenvalue weighted by Gasteiger charge is 2.50. The zero-order valence-corrected chi connectivity index (χ0v) is 15.0. The highest BCUT2D eigenvalue weighted by atomic mass is 35.5. The predicted octanol–water partition coefficient (Wildman–Crippen LogP) is 3.80. The zero-order chi connectivity index (χ0) is 18.2. The lowest BCUT2D eigenvalue weighted by molar-refractivity contribution is -0.136. The van der Waals surface area contributed by atoms with Gasteiger partial charge in [-0.3, -0.25) is 9.59 Å². The summed E-state index contributed by atoms with van der Waals surface area (Å²) in [4.78, 5) is 27.1. The van der Waals surface area contributed by atoms with Gasteiger partial charge in [0, 0.05) is 22.7 Å². The van der Waals surface area contributed by atoms with E-state index in [1.807, 2.05) is 19.9 Å². The first-order valence-electron chi connectivity index (χ1n) is 8.25. The number of hydrogen-bond donors (Lipinski definition) is 1. The lowest BCUT2D eigenvalue weighted by Gasteiger charge is -2.23. The van der Waals surface area contributed by atoms with E-state index < -0.39 is 11.5 Å². The van der Waals surface area contributed by atoms with Crippen molar-refractivity contribution in [2.24, 2.45) is 5.92 Å². The van der Waals surface area contributed by atoms with Crippen LogP contribution in [-0.2, 0) is 10.4 Å². The highest BCUT2D eigenvalue weighted by molar-refractivity contribution is 6.30. The summed E-state index contributed by atoms with van der Waals surface area (Å²) in [5.41, 5.74) is -0.247. The maximum atomic E-state index is 12.9.